The summed E-state index contributed by atoms with van der Waals surface area (Å²) < 4.78 is 27.4. The number of hydrogen-bond donors (Lipinski definition) is 2. The molecule has 1 aliphatic rings. The van der Waals surface area contributed by atoms with E-state index in [4.69, 9.17) is 0 Å². The molecule has 1 aliphatic heterocycles. The number of aliphatic imine (C=N–C) groups is 1. The summed E-state index contributed by atoms with van der Waals surface area (Å²) in [5, 5.41) is 2.76. The fourth-order valence-electron chi connectivity index (χ4n) is 2.70. The van der Waals surface area contributed by atoms with Gasteiger partial charge in [0.05, 0.1) is 4.90 Å². The first-order chi connectivity index (χ1) is 12.5. The minimum absolute atomic E-state index is 0.105. The molecule has 0 saturated carbocycles. The van der Waals surface area contributed by atoms with Gasteiger partial charge in [-0.15, -0.1) is 0 Å². The molecule has 0 fully saturated rings. The second-order valence-electron chi connectivity index (χ2n) is 6.10. The zero-order chi connectivity index (χ0) is 18.4. The van der Waals surface area contributed by atoms with Gasteiger partial charge in [0, 0.05) is 25.1 Å². The van der Waals surface area contributed by atoms with Crippen molar-refractivity contribution < 1.29 is 13.2 Å². The van der Waals surface area contributed by atoms with E-state index < -0.39 is 10.0 Å². The topological polar surface area (TPSA) is 87.6 Å². The molecular formula is C19H21N3O3S. The van der Waals surface area contributed by atoms with Gasteiger partial charge in [-0.1, -0.05) is 36.4 Å². The van der Waals surface area contributed by atoms with Gasteiger partial charge in [-0.3, -0.25) is 14.5 Å². The van der Waals surface area contributed by atoms with Crippen LogP contribution in [0.15, 0.2) is 64.5 Å². The van der Waals surface area contributed by atoms with E-state index in [1.54, 1.807) is 12.1 Å². The van der Waals surface area contributed by atoms with Gasteiger partial charge in [-0.2, -0.15) is 0 Å². The third-order valence-corrected chi connectivity index (χ3v) is 5.42. The number of benzene rings is 2. The molecular weight excluding hydrogens is 350 g/mol. The van der Waals surface area contributed by atoms with Crippen molar-refractivity contribution in [2.45, 2.75) is 30.6 Å². The SMILES string of the molecule is O=C(CCc1ccccc1)Nc1cccc(S(=O)(=O)NC2=NCCC2)c1. The average molecular weight is 371 g/mol. The second kappa shape index (κ2) is 8.14. The first-order valence-electron chi connectivity index (χ1n) is 8.53. The summed E-state index contributed by atoms with van der Waals surface area (Å²) in [5.41, 5.74) is 1.54. The molecule has 0 radical (unpaired) electrons. The minimum atomic E-state index is -3.69. The Morgan fingerprint density at radius 1 is 1.08 bits per heavy atom. The van der Waals surface area contributed by atoms with Crippen LogP contribution in [-0.2, 0) is 21.2 Å². The maximum absolute atomic E-state index is 12.4. The summed E-state index contributed by atoms with van der Waals surface area (Å²) in [6, 6.07) is 16.0. The summed E-state index contributed by atoms with van der Waals surface area (Å²) >= 11 is 0. The number of carbonyl (C=O) groups excluding carboxylic acids is 1. The molecule has 2 aromatic rings. The van der Waals surface area contributed by atoms with Crippen molar-refractivity contribution in [3.8, 4) is 0 Å². The van der Waals surface area contributed by atoms with Gasteiger partial charge in [0.2, 0.25) is 5.91 Å². The van der Waals surface area contributed by atoms with Crippen molar-refractivity contribution >= 4 is 27.5 Å². The summed E-state index contributed by atoms with van der Waals surface area (Å²) in [6.45, 7) is 0.648. The zero-order valence-corrected chi connectivity index (χ0v) is 15.1. The van der Waals surface area contributed by atoms with E-state index in [9.17, 15) is 13.2 Å². The number of aryl methyl sites for hydroxylation is 1. The number of amides is 1. The Morgan fingerprint density at radius 2 is 1.88 bits per heavy atom. The lowest BCUT2D eigenvalue weighted by molar-refractivity contribution is -0.116. The molecule has 0 aromatic heterocycles. The molecule has 136 valence electrons. The van der Waals surface area contributed by atoms with E-state index in [-0.39, 0.29) is 10.8 Å². The molecule has 3 rings (SSSR count). The van der Waals surface area contributed by atoms with Crippen LogP contribution in [0.2, 0.25) is 0 Å². The van der Waals surface area contributed by atoms with Crippen LogP contribution in [0.5, 0.6) is 0 Å². The number of anilines is 1. The number of nitrogens with one attached hydrogen (secondary N) is 2. The number of nitrogens with zero attached hydrogens (tertiary/aromatic N) is 1. The number of amidine groups is 1. The zero-order valence-electron chi connectivity index (χ0n) is 14.3. The highest BCUT2D eigenvalue weighted by Crippen LogP contribution is 2.17. The third kappa shape index (κ3) is 4.92. The summed E-state index contributed by atoms with van der Waals surface area (Å²) in [6.07, 6.45) is 2.45. The van der Waals surface area contributed by atoms with Crippen LogP contribution in [0.1, 0.15) is 24.8 Å². The maximum Gasteiger partial charge on any atom is 0.262 e. The van der Waals surface area contributed by atoms with Crippen LogP contribution in [0.4, 0.5) is 5.69 Å². The number of hydrogen-bond acceptors (Lipinski definition) is 4. The predicted octanol–water partition coefficient (Wildman–Crippen LogP) is 2.73. The van der Waals surface area contributed by atoms with Gasteiger partial charge >= 0.3 is 0 Å². The van der Waals surface area contributed by atoms with Gasteiger partial charge in [-0.05, 0) is 36.6 Å². The van der Waals surface area contributed by atoms with Crippen LogP contribution >= 0.6 is 0 Å². The standard InChI is InChI=1S/C19H21N3O3S/c23-19(12-11-15-6-2-1-3-7-15)21-16-8-4-9-17(14-16)26(24,25)22-18-10-5-13-20-18/h1-4,6-9,14H,5,10-13H2,(H,20,22)(H,21,23). The van der Waals surface area contributed by atoms with Gasteiger partial charge in [-0.25, -0.2) is 8.42 Å². The van der Waals surface area contributed by atoms with Gasteiger partial charge < -0.3 is 5.32 Å². The molecule has 0 unspecified atom stereocenters. The summed E-state index contributed by atoms with van der Waals surface area (Å²) in [7, 11) is -3.69. The Balaban J connectivity index is 1.62. The van der Waals surface area contributed by atoms with E-state index in [1.807, 2.05) is 30.3 Å². The highest BCUT2D eigenvalue weighted by molar-refractivity contribution is 7.90. The number of rotatable bonds is 6. The van der Waals surface area contributed by atoms with Crippen molar-refractivity contribution in [1.82, 2.24) is 4.72 Å². The Hall–Kier alpha value is -2.67. The smallest absolute Gasteiger partial charge is 0.262 e. The fourth-order valence-corrected chi connectivity index (χ4v) is 3.84. The maximum atomic E-state index is 12.4. The van der Waals surface area contributed by atoms with Crippen LogP contribution in [0.25, 0.3) is 0 Å². The van der Waals surface area contributed by atoms with Crippen LogP contribution < -0.4 is 10.0 Å². The first kappa shape index (κ1) is 18.1. The van der Waals surface area contributed by atoms with Crippen molar-refractivity contribution in [3.63, 3.8) is 0 Å². The van der Waals surface area contributed by atoms with Gasteiger partial charge in [0.15, 0.2) is 0 Å². The molecule has 26 heavy (non-hydrogen) atoms. The molecule has 2 aromatic carbocycles. The van der Waals surface area contributed by atoms with E-state index in [0.29, 0.717) is 37.3 Å². The lowest BCUT2D eigenvalue weighted by atomic mass is 10.1. The normalized spacial score (nSPS) is 13.9. The number of sulfonamides is 1. The highest BCUT2D eigenvalue weighted by Gasteiger charge is 2.18. The van der Waals surface area contributed by atoms with Crippen LogP contribution in [-0.4, -0.2) is 26.7 Å². The monoisotopic (exact) mass is 371 g/mol. The van der Waals surface area contributed by atoms with Crippen molar-refractivity contribution in [2.24, 2.45) is 4.99 Å². The molecule has 0 saturated heterocycles. The van der Waals surface area contributed by atoms with Gasteiger partial charge in [0.25, 0.3) is 10.0 Å². The molecule has 0 aliphatic carbocycles. The van der Waals surface area contributed by atoms with Crippen molar-refractivity contribution in [2.75, 3.05) is 11.9 Å². The molecule has 0 atom stereocenters. The Bertz CT molecular complexity index is 909. The first-order valence-corrected chi connectivity index (χ1v) is 10.0. The van der Waals surface area contributed by atoms with E-state index in [1.165, 1.54) is 12.1 Å². The Morgan fingerprint density at radius 3 is 2.62 bits per heavy atom. The highest BCUT2D eigenvalue weighted by atomic mass is 32.2. The molecule has 7 heteroatoms. The Kier molecular flexibility index (Phi) is 5.68. The molecule has 2 N–H and O–H groups in total. The third-order valence-electron chi connectivity index (χ3n) is 4.04. The van der Waals surface area contributed by atoms with E-state index >= 15 is 0 Å². The largest absolute Gasteiger partial charge is 0.326 e. The average Bonchev–Trinajstić information content (AvgIpc) is 3.13. The van der Waals surface area contributed by atoms with Crippen LogP contribution in [0.3, 0.4) is 0 Å². The van der Waals surface area contributed by atoms with E-state index in [2.05, 4.69) is 15.0 Å². The minimum Gasteiger partial charge on any atom is -0.326 e. The fraction of sp³-hybridized carbons (Fsp3) is 0.263. The quantitative estimate of drug-likeness (QED) is 0.818. The molecule has 1 amide bonds. The van der Waals surface area contributed by atoms with Crippen molar-refractivity contribution in [3.05, 3.63) is 60.2 Å². The second-order valence-corrected chi connectivity index (χ2v) is 7.78. The summed E-state index contributed by atoms with van der Waals surface area (Å²) in [5.74, 6) is 0.332. The Labute approximate surface area is 153 Å². The number of carbonyl (C=O) groups is 1. The van der Waals surface area contributed by atoms with Gasteiger partial charge in [0.1, 0.15) is 5.84 Å². The van der Waals surface area contributed by atoms with E-state index in [0.717, 1.165) is 12.0 Å². The molecule has 0 bridgehead atoms. The lowest BCUT2D eigenvalue weighted by Crippen LogP contribution is -2.29. The molecule has 0 spiro atoms. The summed E-state index contributed by atoms with van der Waals surface area (Å²) in [4.78, 5) is 16.4. The lowest BCUT2D eigenvalue weighted by Gasteiger charge is -2.10. The predicted molar refractivity (Wildman–Crippen MR) is 102 cm³/mol. The van der Waals surface area contributed by atoms with Crippen LogP contribution in [0, 0.1) is 0 Å². The van der Waals surface area contributed by atoms with Crippen molar-refractivity contribution in [1.29, 1.82) is 0 Å². The molecule has 6 nitrogen and oxygen atoms in total. The molecule has 1 heterocycles.